The van der Waals surface area contributed by atoms with E-state index >= 15 is 0 Å². The lowest BCUT2D eigenvalue weighted by molar-refractivity contribution is 0.0685. The topological polar surface area (TPSA) is 303 Å². The van der Waals surface area contributed by atoms with Gasteiger partial charge >= 0.3 is 28.3 Å². The monoisotopic (exact) mass is 2280 g/mol. The third-order valence-electron chi connectivity index (χ3n) is 22.1. The minimum atomic E-state index is -4.67. The highest BCUT2D eigenvalue weighted by atomic mass is 127. The number of nitrogens with zero attached hydrogens (tertiary/aromatic N) is 3. The predicted octanol–water partition coefficient (Wildman–Crippen LogP) is 33.1. The number of carboxylic acids is 3. The molecule has 0 aliphatic rings. The molecule has 0 aliphatic carbocycles. The fraction of sp³-hybridized carbons (Fsp3) is 0.00847. The van der Waals surface area contributed by atoms with Gasteiger partial charge in [0.1, 0.15) is 0 Å². The van der Waals surface area contributed by atoms with E-state index in [9.17, 15) is 29.1 Å². The van der Waals surface area contributed by atoms with Gasteiger partial charge < -0.3 is 45.9 Å². The Morgan fingerprint density at radius 3 is 1.14 bits per heavy atom. The molecule has 0 amide bonds. The lowest BCUT2D eigenvalue weighted by Gasteiger charge is -2.28. The average Bonchev–Trinajstić information content (AvgIpc) is 0.739. The first-order valence-corrected chi connectivity index (χ1v) is 49.8. The van der Waals surface area contributed by atoms with Gasteiger partial charge in [-0.15, -0.1) is 0 Å². The van der Waals surface area contributed by atoms with Gasteiger partial charge in [-0.2, -0.15) is 8.42 Å². The van der Waals surface area contributed by atoms with Crippen molar-refractivity contribution in [3.63, 3.8) is 0 Å². The molecule has 0 atom stereocenters. The van der Waals surface area contributed by atoms with Crippen LogP contribution in [0.25, 0.3) is 109 Å². The quantitative estimate of drug-likeness (QED) is 0.0274. The van der Waals surface area contributed by atoms with E-state index in [0.29, 0.717) is 58.6 Å². The number of benzene rings is 20. The summed E-state index contributed by atoms with van der Waals surface area (Å²) < 4.78 is 39.0. The van der Waals surface area contributed by atoms with Crippen LogP contribution in [0.4, 0.5) is 34.1 Å². The van der Waals surface area contributed by atoms with Crippen molar-refractivity contribution in [3.8, 4) is 22.5 Å². The zero-order chi connectivity index (χ0) is 101. The summed E-state index contributed by atoms with van der Waals surface area (Å²) in [5, 5.41) is 45.4. The Morgan fingerprint density at radius 2 is 0.669 bits per heavy atom. The highest BCUT2D eigenvalue weighted by Crippen LogP contribution is 2.42. The zero-order valence-electron chi connectivity index (χ0n) is 75.7. The molecule has 18 nitrogen and oxygen atoms in total. The Morgan fingerprint density at radius 1 is 0.331 bits per heavy atom. The maximum Gasteiger partial charge on any atom is 0.394 e. The number of carbonyl (C=O) groups is 3. The van der Waals surface area contributed by atoms with Crippen molar-refractivity contribution in [2.24, 2.45) is 0 Å². The van der Waals surface area contributed by atoms with Crippen LogP contribution in [0.3, 0.4) is 0 Å². The molecule has 0 saturated heterocycles. The summed E-state index contributed by atoms with van der Waals surface area (Å²) in [6, 6.07) is 145. The number of nitrogens with two attached hydrogens (primary N) is 1. The second-order valence-electron chi connectivity index (χ2n) is 31.4. The zero-order valence-corrected chi connectivity index (χ0v) is 85.7. The van der Waals surface area contributed by atoms with Crippen molar-refractivity contribution >= 4 is 262 Å². The Kier molecular flexibility index (Phi) is 39.0. The molecule has 0 aliphatic heterocycles. The molecule has 10 N–H and O–H groups in total. The van der Waals surface area contributed by atoms with Crippen LogP contribution in [-0.4, -0.2) is 65.4 Å². The number of hydrogen-bond donors (Lipinski definition) is 7. The fourth-order valence-corrected chi connectivity index (χ4v) is 18.0. The number of aromatic nitrogens is 2. The number of para-hydroxylation sites is 4. The van der Waals surface area contributed by atoms with Crippen LogP contribution < -0.4 is 26.8 Å². The van der Waals surface area contributed by atoms with Gasteiger partial charge in [-0.3, -0.25) is 18.7 Å². The number of carboxylic acid groups (broad SMARTS) is 3. The Labute approximate surface area is 890 Å². The number of rotatable bonds is 11. The first kappa shape index (κ1) is 109. The number of nitrogens with one attached hydrogen (secondary N) is 1. The van der Waals surface area contributed by atoms with Crippen LogP contribution in [-0.2, 0) is 10.4 Å². The summed E-state index contributed by atoms with van der Waals surface area (Å²) in [4.78, 5) is 61.3. The van der Waals surface area contributed by atoms with Gasteiger partial charge in [-0.05, 0) is 261 Å². The summed E-state index contributed by atoms with van der Waals surface area (Å²) in [5.41, 5.74) is 18.7. The number of anilines is 6. The maximum atomic E-state index is 13.0. The van der Waals surface area contributed by atoms with Gasteiger partial charge in [0.05, 0.1) is 67.2 Å². The van der Waals surface area contributed by atoms with E-state index in [1.807, 2.05) is 240 Å². The molecule has 726 valence electrons. The third-order valence-corrected chi connectivity index (χ3v) is 25.7. The molecule has 2 aromatic heterocycles. The molecule has 0 saturated carbocycles. The number of fused-ring (bicyclic) bond motifs is 8. The van der Waals surface area contributed by atoms with Crippen LogP contribution in [0.15, 0.2) is 474 Å². The van der Waals surface area contributed by atoms with E-state index in [4.69, 9.17) is 91.5 Å². The molecule has 0 radical (unpaired) electrons. The summed E-state index contributed by atoms with van der Waals surface area (Å²) in [7, 11) is -4.67. The molecule has 22 rings (SSSR count). The number of aromatic carboxylic acids is 3. The SMILES string of the molecule is Brc1cccc2ccccc12.Brc1ccccc1-c1ccccc1.C.Nc1ccc(Cl)cc1.O.O=C(O)c1ccccc1I.O=C(O)c1ccccc1N(c1ccc(Cl)cc1)c1cccc2ccccc12.O=C(O)c1ccccc1Nc1ccc(Cl)cc1.O=S(=O)(O)O.O=c1c2ccccc2n(-c2cccc3ccccc23)c2ccc(Cl)cc12.O=c1c2ccccc2n(-c2cccc3ccccc23)c2ccc(Cl)cc12. The van der Waals surface area contributed by atoms with Crippen molar-refractivity contribution in [2.75, 3.05) is 16.0 Å². The Hall–Kier alpha value is -14.8. The van der Waals surface area contributed by atoms with Crippen LogP contribution in [0, 0.1) is 3.57 Å². The summed E-state index contributed by atoms with van der Waals surface area (Å²) >= 11 is 38.8. The Bertz CT molecular complexity index is 8360. The fourth-order valence-electron chi connectivity index (χ4n) is 15.7. The number of pyridine rings is 2. The number of halogens is 8. The molecular weight excluding hydrogens is 2190 g/mol. The summed E-state index contributed by atoms with van der Waals surface area (Å²) in [5.74, 6) is -2.79. The largest absolute Gasteiger partial charge is 0.478 e. The van der Waals surface area contributed by atoms with Crippen molar-refractivity contribution < 1.29 is 52.7 Å². The van der Waals surface area contributed by atoms with E-state index < -0.39 is 28.3 Å². The second-order valence-corrected chi connectivity index (χ2v) is 37.3. The van der Waals surface area contributed by atoms with Crippen LogP contribution >= 0.6 is 112 Å². The molecule has 145 heavy (non-hydrogen) atoms. The van der Waals surface area contributed by atoms with E-state index in [2.05, 4.69) is 162 Å². The second kappa shape index (κ2) is 51.9. The summed E-state index contributed by atoms with van der Waals surface area (Å²) in [6.45, 7) is 0. The lowest BCUT2D eigenvalue weighted by Crippen LogP contribution is -2.14. The lowest BCUT2D eigenvalue weighted by atomic mass is 10.0. The molecule has 22 aromatic rings. The molecular formula is C118H89Br2Cl5IN5O13S. The normalized spacial score (nSPS) is 10.5. The van der Waals surface area contributed by atoms with Gasteiger partial charge in [0.25, 0.3) is 0 Å². The van der Waals surface area contributed by atoms with Gasteiger partial charge in [-0.25, -0.2) is 14.4 Å². The molecule has 2 heterocycles. The molecule has 0 fully saturated rings. The number of hydrogen-bond acceptors (Lipinski definition) is 10. The number of nitrogen functional groups attached to an aromatic ring is 1. The molecule has 0 unspecified atom stereocenters. The van der Waals surface area contributed by atoms with Gasteiger partial charge in [-0.1, -0.05) is 352 Å². The van der Waals surface area contributed by atoms with E-state index in [1.165, 1.54) is 21.9 Å². The highest BCUT2D eigenvalue weighted by Gasteiger charge is 2.23. The van der Waals surface area contributed by atoms with Crippen molar-refractivity contribution in [1.82, 2.24) is 9.13 Å². The molecule has 0 spiro atoms. The summed E-state index contributed by atoms with van der Waals surface area (Å²) in [6.07, 6.45) is 0. The molecule has 0 bridgehead atoms. The minimum absolute atomic E-state index is 0. The smallest absolute Gasteiger partial charge is 0.394 e. The first-order chi connectivity index (χ1) is 69.0. The first-order valence-electron chi connectivity index (χ1n) is 43.8. The third kappa shape index (κ3) is 28.4. The van der Waals surface area contributed by atoms with Gasteiger partial charge in [0, 0.05) is 92.4 Å². The van der Waals surface area contributed by atoms with Crippen LogP contribution in [0.1, 0.15) is 38.5 Å². The van der Waals surface area contributed by atoms with Crippen LogP contribution in [0.2, 0.25) is 25.1 Å². The van der Waals surface area contributed by atoms with E-state index in [1.54, 1.807) is 127 Å². The average molecular weight is 2280 g/mol. The molecule has 27 heteroatoms. The van der Waals surface area contributed by atoms with E-state index in [0.717, 1.165) is 106 Å². The maximum absolute atomic E-state index is 13.0. The Balaban J connectivity index is 0.000000151. The van der Waals surface area contributed by atoms with Crippen molar-refractivity contribution in [3.05, 3.63) is 530 Å². The van der Waals surface area contributed by atoms with Crippen molar-refractivity contribution in [1.29, 1.82) is 0 Å². The van der Waals surface area contributed by atoms with Gasteiger partial charge in [0.2, 0.25) is 0 Å². The van der Waals surface area contributed by atoms with Crippen LogP contribution in [0.5, 0.6) is 0 Å². The highest BCUT2D eigenvalue weighted by molar-refractivity contribution is 14.1. The van der Waals surface area contributed by atoms with E-state index in [-0.39, 0.29) is 34.9 Å². The predicted molar refractivity (Wildman–Crippen MR) is 616 cm³/mol. The molecule has 20 aromatic carbocycles. The van der Waals surface area contributed by atoms with Gasteiger partial charge in [0.15, 0.2) is 10.9 Å². The van der Waals surface area contributed by atoms with Crippen molar-refractivity contribution in [2.45, 2.75) is 7.43 Å². The standard InChI is InChI=1S/C23H16ClNO2.2C23H14ClNO.C13H10ClNO2.C12H9Br.C10H7Br.C7H5IO2.C6H6ClN.CH4.H2O4S.H2O/c24-17-12-14-18(15-13-17)25(22-10-4-3-9-20(22)23(26)27)21-11-5-7-16-6-1-2-8-19(16)21;2*24-16-12-13-22-19(14-16)23(26)18-9-3-4-10-21(18)25(22)20-11-5-7-15-6-1-2-8-17(15)20;14-9-5-7-10(8-6-9)15-12-4-2-1-3-11(12)13(16)17;13-12-9-5-4-8-11(12)10-6-2-1-3-7-10;11-10-7-3-5-8-4-1-2-6-9(8)10;8-6-4-2-1-3-5(6)7(9)10;7-5-1-3-6(8)4-2-5;;1-5(2,3)4;/h1-15H,(H,26,27);2*1-14H;1-8,15H,(H,16,17);1-9H;1-7H;1-4H,(H,9,10);1-4H,8H2;1H4;(H2,1,2,3,4);1H2. The minimum Gasteiger partial charge on any atom is -0.478 e.